The third-order valence-corrected chi connectivity index (χ3v) is 12.2. The van der Waals surface area contributed by atoms with E-state index in [1.165, 1.54) is 42.8 Å². The predicted octanol–water partition coefficient (Wildman–Crippen LogP) is 9.81. The average molecular weight is 781 g/mol. The van der Waals surface area contributed by atoms with Crippen molar-refractivity contribution in [3.05, 3.63) is 108 Å². The highest BCUT2D eigenvalue weighted by Crippen LogP contribution is 2.51. The maximum atomic E-state index is 13.6. The van der Waals surface area contributed by atoms with Crippen molar-refractivity contribution in [2.45, 2.75) is 63.9 Å². The van der Waals surface area contributed by atoms with Gasteiger partial charge in [0.1, 0.15) is 5.75 Å². The van der Waals surface area contributed by atoms with Crippen LogP contribution in [0.5, 0.6) is 5.75 Å². The SMILES string of the molecule is C.C.CCC(C)c1ccc(OS(=O)(=O)C(F)(F)C(F)(F)C(F)(F)S(=O)(=O)[O-])cc1.OCCc1ccc(-[s+]2c3ccccc3c3ccccc32)cc1. The third kappa shape index (κ3) is 8.35. The molecule has 0 spiro atoms. The fourth-order valence-corrected chi connectivity index (χ4v) is 8.57. The predicted molar refractivity (Wildman–Crippen MR) is 189 cm³/mol. The fraction of sp³-hybridized carbons (Fsp3) is 0.314. The highest BCUT2D eigenvalue weighted by atomic mass is 32.2. The van der Waals surface area contributed by atoms with Gasteiger partial charge in [-0.2, -0.15) is 34.8 Å². The van der Waals surface area contributed by atoms with Crippen molar-refractivity contribution in [1.82, 2.24) is 0 Å². The summed E-state index contributed by atoms with van der Waals surface area (Å²) in [5.74, 6) is -8.04. The van der Waals surface area contributed by atoms with Crippen LogP contribution in [0.4, 0.5) is 26.3 Å². The van der Waals surface area contributed by atoms with Gasteiger partial charge in [0, 0.05) is 27.8 Å². The van der Waals surface area contributed by atoms with Gasteiger partial charge in [-0.15, -0.1) is 0 Å². The number of fused-ring (bicyclic) bond motifs is 3. The molecule has 1 N–H and O–H groups in total. The topological polar surface area (TPSA) is 121 Å². The minimum Gasteiger partial charge on any atom is -0.743 e. The standard InChI is InChI=1S/C20H17OS.C13H14F6O6S2.2CH4/c21-14-13-15-9-11-16(12-10-15)22-19-7-3-1-5-17(19)18-6-2-4-8-20(18)22;1-3-8(2)9-4-6-10(7-5-9)25-27(23,24)13(18,19)11(14,15)12(16,17)26(20,21)22;;/h1-12,21H,13-14H2;4-8H,3H2,1-2H3,(H,20,21,22);2*1H4/q+1;;;/p-1. The molecular formula is C35H38F6O7S3. The van der Waals surface area contributed by atoms with E-state index in [2.05, 4.69) is 77.0 Å². The van der Waals surface area contributed by atoms with Crippen LogP contribution in [0, 0.1) is 0 Å². The maximum absolute atomic E-state index is 13.6. The fourth-order valence-electron chi connectivity index (χ4n) is 4.78. The molecule has 280 valence electrons. The molecule has 0 saturated carbocycles. The normalized spacial score (nSPS) is 13.1. The molecule has 7 nitrogen and oxygen atoms in total. The number of alkyl halides is 6. The van der Waals surface area contributed by atoms with E-state index in [1.54, 1.807) is 6.92 Å². The second-order valence-corrected chi connectivity index (χ2v) is 15.9. The van der Waals surface area contributed by atoms with Gasteiger partial charge in [0.05, 0.1) is 0 Å². The van der Waals surface area contributed by atoms with E-state index in [0.717, 1.165) is 18.6 Å². The Balaban J connectivity index is 0.000000344. The molecule has 0 radical (unpaired) electrons. The summed E-state index contributed by atoms with van der Waals surface area (Å²) in [6.45, 7) is 3.79. The zero-order valence-electron chi connectivity index (χ0n) is 25.8. The summed E-state index contributed by atoms with van der Waals surface area (Å²) in [7, 11) is -14.2. The van der Waals surface area contributed by atoms with Crippen LogP contribution >= 0.6 is 10.5 Å². The zero-order valence-corrected chi connectivity index (χ0v) is 28.3. The first kappa shape index (κ1) is 43.5. The number of benzene rings is 4. The summed E-state index contributed by atoms with van der Waals surface area (Å²) in [6, 6.07) is 30.2. The lowest BCUT2D eigenvalue weighted by atomic mass is 9.99. The van der Waals surface area contributed by atoms with E-state index < -0.39 is 42.4 Å². The lowest BCUT2D eigenvalue weighted by molar-refractivity contribution is -0.247. The highest BCUT2D eigenvalue weighted by molar-refractivity contribution is 7.88. The maximum Gasteiger partial charge on any atom is 0.450 e. The van der Waals surface area contributed by atoms with Crippen LogP contribution < -0.4 is 4.18 Å². The van der Waals surface area contributed by atoms with E-state index in [4.69, 9.17) is 5.11 Å². The first-order chi connectivity index (χ1) is 22.8. The lowest BCUT2D eigenvalue weighted by Gasteiger charge is -2.32. The quantitative estimate of drug-likeness (QED) is 0.0613. The number of hydrogen-bond acceptors (Lipinski definition) is 7. The van der Waals surface area contributed by atoms with Crippen molar-refractivity contribution < 1.29 is 57.0 Å². The van der Waals surface area contributed by atoms with Gasteiger partial charge in [-0.1, -0.05) is 77.2 Å². The Morgan fingerprint density at radius 2 is 1.22 bits per heavy atom. The van der Waals surface area contributed by atoms with Crippen molar-refractivity contribution in [2.24, 2.45) is 0 Å². The van der Waals surface area contributed by atoms with E-state index in [-0.39, 0.29) is 37.8 Å². The van der Waals surface area contributed by atoms with Gasteiger partial charge in [-0.3, -0.25) is 0 Å². The summed E-state index contributed by atoms with van der Waals surface area (Å²) in [4.78, 5) is 1.35. The highest BCUT2D eigenvalue weighted by Gasteiger charge is 2.81. The van der Waals surface area contributed by atoms with Gasteiger partial charge in [-0.05, 0) is 78.4 Å². The molecule has 51 heavy (non-hydrogen) atoms. The smallest absolute Gasteiger partial charge is 0.450 e. The molecule has 16 heteroatoms. The lowest BCUT2D eigenvalue weighted by Crippen LogP contribution is -2.61. The zero-order chi connectivity index (χ0) is 36.4. The van der Waals surface area contributed by atoms with Crippen LogP contribution in [0.1, 0.15) is 52.2 Å². The van der Waals surface area contributed by atoms with Gasteiger partial charge in [-0.25, -0.2) is 8.42 Å². The summed E-state index contributed by atoms with van der Waals surface area (Å²) >= 11 is 0. The van der Waals surface area contributed by atoms with Gasteiger partial charge < -0.3 is 13.8 Å². The molecule has 4 aromatic carbocycles. The minimum absolute atomic E-state index is 0. The number of rotatable bonds is 11. The average Bonchev–Trinajstić information content (AvgIpc) is 3.39. The molecule has 1 unspecified atom stereocenters. The molecule has 0 aliphatic heterocycles. The molecule has 0 bridgehead atoms. The molecule has 0 amide bonds. The summed E-state index contributed by atoms with van der Waals surface area (Å²) in [5.41, 5.74) is 1.80. The second-order valence-electron chi connectivity index (χ2n) is 10.9. The Hall–Kier alpha value is -3.70. The van der Waals surface area contributed by atoms with Gasteiger partial charge >= 0.3 is 26.5 Å². The number of hydrogen-bond donors (Lipinski definition) is 1. The summed E-state index contributed by atoms with van der Waals surface area (Å²) < 4.78 is 140. The second kappa shape index (κ2) is 16.3. The molecular weight excluding hydrogens is 743 g/mol. The molecule has 0 saturated heterocycles. The van der Waals surface area contributed by atoms with Crippen LogP contribution in [-0.4, -0.2) is 49.5 Å². The number of aliphatic hydroxyl groups excluding tert-OH is 1. The van der Waals surface area contributed by atoms with E-state index in [9.17, 15) is 47.7 Å². The Labute approximate surface area is 296 Å². The molecule has 0 aliphatic rings. The molecule has 1 heterocycles. The monoisotopic (exact) mass is 780 g/mol. The van der Waals surface area contributed by atoms with Crippen molar-refractivity contribution in [1.29, 1.82) is 0 Å². The van der Waals surface area contributed by atoms with E-state index in [1.807, 2.05) is 6.92 Å². The molecule has 5 aromatic rings. The molecule has 1 aromatic heterocycles. The van der Waals surface area contributed by atoms with Crippen LogP contribution in [-0.2, 0) is 26.7 Å². The number of halogens is 6. The van der Waals surface area contributed by atoms with Crippen molar-refractivity contribution in [3.8, 4) is 10.6 Å². The summed E-state index contributed by atoms with van der Waals surface area (Å²) in [6.07, 6.45) is 1.38. The third-order valence-electron chi connectivity index (χ3n) is 7.69. The van der Waals surface area contributed by atoms with Gasteiger partial charge in [0.15, 0.2) is 24.4 Å². The van der Waals surface area contributed by atoms with Crippen LogP contribution in [0.25, 0.3) is 25.1 Å². The number of aliphatic hydroxyl groups is 1. The summed E-state index contributed by atoms with van der Waals surface area (Å²) in [5, 5.41) is -1.87. The first-order valence-corrected chi connectivity index (χ1v) is 18.6. The number of thiophene rings is 1. The minimum atomic E-state index is -7.33. The Morgan fingerprint density at radius 1 is 0.745 bits per heavy atom. The van der Waals surface area contributed by atoms with Crippen LogP contribution in [0.3, 0.4) is 0 Å². The van der Waals surface area contributed by atoms with Crippen molar-refractivity contribution >= 4 is 50.9 Å². The van der Waals surface area contributed by atoms with Gasteiger partial charge in [0.25, 0.3) is 0 Å². The Morgan fingerprint density at radius 3 is 1.65 bits per heavy atom. The van der Waals surface area contributed by atoms with Gasteiger partial charge in [0.2, 0.25) is 0 Å². The Bertz CT molecular complexity index is 2080. The first-order valence-electron chi connectivity index (χ1n) is 14.6. The largest absolute Gasteiger partial charge is 0.743 e. The molecule has 1 atom stereocenters. The molecule has 0 aliphatic carbocycles. The molecule has 0 fully saturated rings. The molecule has 5 rings (SSSR count). The van der Waals surface area contributed by atoms with Crippen LogP contribution in [0.2, 0.25) is 0 Å². The van der Waals surface area contributed by atoms with E-state index in [0.29, 0.717) is 12.0 Å². The van der Waals surface area contributed by atoms with Crippen molar-refractivity contribution in [3.63, 3.8) is 0 Å². The van der Waals surface area contributed by atoms with E-state index >= 15 is 0 Å². The van der Waals surface area contributed by atoms with Crippen LogP contribution in [0.15, 0.2) is 97.1 Å². The Kier molecular flexibility index (Phi) is 13.9. The van der Waals surface area contributed by atoms with Crippen molar-refractivity contribution in [2.75, 3.05) is 6.61 Å².